The average molecular weight is 529 g/mol. The summed E-state index contributed by atoms with van der Waals surface area (Å²) in [5, 5.41) is 0.578. The highest BCUT2D eigenvalue weighted by Gasteiger charge is 2.32. The second-order valence-electron chi connectivity index (χ2n) is 8.45. The van der Waals surface area contributed by atoms with Crippen molar-refractivity contribution in [3.05, 3.63) is 59.1 Å². The Labute approximate surface area is 208 Å². The Balaban J connectivity index is 1.84. The molecular formula is C24H33ClN2O5S2. The number of piperidine rings is 1. The minimum absolute atomic E-state index is 0.0588. The van der Waals surface area contributed by atoms with Crippen molar-refractivity contribution in [1.82, 2.24) is 8.61 Å². The average Bonchev–Trinajstić information content (AvgIpc) is 2.82. The van der Waals surface area contributed by atoms with Gasteiger partial charge in [-0.2, -0.15) is 8.61 Å². The maximum absolute atomic E-state index is 13.5. The maximum Gasteiger partial charge on any atom is 0.243 e. The van der Waals surface area contributed by atoms with E-state index >= 15 is 0 Å². The van der Waals surface area contributed by atoms with Crippen LogP contribution in [0.25, 0.3) is 0 Å². The molecule has 1 atom stereocenters. The predicted octanol–water partition coefficient (Wildman–Crippen LogP) is 4.52. The molecule has 0 bridgehead atoms. The first-order valence-corrected chi connectivity index (χ1v) is 14.9. The molecule has 10 heteroatoms. The smallest absolute Gasteiger partial charge is 0.243 e. The molecule has 1 heterocycles. The minimum Gasteiger partial charge on any atom is -0.382 e. The zero-order valence-corrected chi connectivity index (χ0v) is 22.1. The number of sulfonamides is 2. The van der Waals surface area contributed by atoms with Gasteiger partial charge in [-0.15, -0.1) is 0 Å². The third-order valence-corrected chi connectivity index (χ3v) is 10.1. The number of ether oxygens (including phenoxy) is 1. The number of hydrogen-bond donors (Lipinski definition) is 0. The van der Waals surface area contributed by atoms with Gasteiger partial charge in [0.2, 0.25) is 20.0 Å². The molecule has 0 aromatic heterocycles. The topological polar surface area (TPSA) is 84.0 Å². The summed E-state index contributed by atoms with van der Waals surface area (Å²) in [4.78, 5) is 0.171. The molecule has 2 aromatic carbocycles. The van der Waals surface area contributed by atoms with Crippen LogP contribution in [-0.4, -0.2) is 57.8 Å². The Kier molecular flexibility index (Phi) is 9.54. The molecule has 3 rings (SSSR count). The second-order valence-corrected chi connectivity index (χ2v) is 12.7. The summed E-state index contributed by atoms with van der Waals surface area (Å²) in [6.07, 6.45) is 3.21. The molecule has 1 fully saturated rings. The molecular weight excluding hydrogens is 496 g/mol. The van der Waals surface area contributed by atoms with E-state index in [1.807, 2.05) is 13.8 Å². The highest BCUT2D eigenvalue weighted by Crippen LogP contribution is 2.27. The molecule has 0 N–H and O–H groups in total. The lowest BCUT2D eigenvalue weighted by Crippen LogP contribution is -2.41. The Morgan fingerprint density at radius 3 is 2.26 bits per heavy atom. The van der Waals surface area contributed by atoms with Crippen LogP contribution in [0.1, 0.15) is 45.1 Å². The van der Waals surface area contributed by atoms with Crippen molar-refractivity contribution in [2.45, 2.75) is 61.9 Å². The van der Waals surface area contributed by atoms with Gasteiger partial charge in [-0.05, 0) is 75.1 Å². The zero-order valence-electron chi connectivity index (χ0n) is 19.7. The van der Waals surface area contributed by atoms with E-state index in [1.54, 1.807) is 24.3 Å². The first-order valence-electron chi connectivity index (χ1n) is 11.6. The summed E-state index contributed by atoms with van der Waals surface area (Å²) >= 11 is 5.97. The molecule has 2 aromatic rings. The van der Waals surface area contributed by atoms with Gasteiger partial charge in [0, 0.05) is 43.9 Å². The van der Waals surface area contributed by atoms with Crippen molar-refractivity contribution < 1.29 is 21.6 Å². The molecule has 1 aliphatic heterocycles. The van der Waals surface area contributed by atoms with E-state index in [0.717, 1.165) is 24.8 Å². The Morgan fingerprint density at radius 2 is 1.65 bits per heavy atom. The van der Waals surface area contributed by atoms with Crippen LogP contribution < -0.4 is 0 Å². The quantitative estimate of drug-likeness (QED) is 0.400. The lowest BCUT2D eigenvalue weighted by Gasteiger charge is -2.32. The summed E-state index contributed by atoms with van der Waals surface area (Å²) in [6, 6.07) is 12.5. The lowest BCUT2D eigenvalue weighted by molar-refractivity contribution is 0.140. The van der Waals surface area contributed by atoms with Gasteiger partial charge < -0.3 is 4.74 Å². The van der Waals surface area contributed by atoms with Crippen molar-refractivity contribution in [3.8, 4) is 0 Å². The van der Waals surface area contributed by atoms with E-state index in [9.17, 15) is 16.8 Å². The van der Waals surface area contributed by atoms with Gasteiger partial charge in [0.15, 0.2) is 0 Å². The first kappa shape index (κ1) is 27.1. The van der Waals surface area contributed by atoms with E-state index in [0.29, 0.717) is 31.2 Å². The van der Waals surface area contributed by atoms with Gasteiger partial charge in [0.1, 0.15) is 0 Å². The van der Waals surface area contributed by atoms with Crippen LogP contribution in [0.15, 0.2) is 58.3 Å². The summed E-state index contributed by atoms with van der Waals surface area (Å²) < 4.78 is 61.5. The third kappa shape index (κ3) is 6.59. The molecule has 0 unspecified atom stereocenters. The van der Waals surface area contributed by atoms with Crippen molar-refractivity contribution in [3.63, 3.8) is 0 Å². The highest BCUT2D eigenvalue weighted by molar-refractivity contribution is 7.89. The van der Waals surface area contributed by atoms with Gasteiger partial charge in [0.25, 0.3) is 0 Å². The van der Waals surface area contributed by atoms with Crippen LogP contribution in [0.5, 0.6) is 0 Å². The van der Waals surface area contributed by atoms with Gasteiger partial charge in [0.05, 0.1) is 9.79 Å². The molecule has 188 valence electrons. The lowest BCUT2D eigenvalue weighted by atomic mass is 10.1. The van der Waals surface area contributed by atoms with Crippen molar-refractivity contribution in [2.24, 2.45) is 0 Å². The minimum atomic E-state index is -3.86. The van der Waals surface area contributed by atoms with Gasteiger partial charge >= 0.3 is 0 Å². The monoisotopic (exact) mass is 528 g/mol. The Bertz CT molecular complexity index is 1140. The molecule has 1 aliphatic rings. The van der Waals surface area contributed by atoms with Gasteiger partial charge in [-0.1, -0.05) is 30.2 Å². The van der Waals surface area contributed by atoms with Crippen LogP contribution in [0.4, 0.5) is 0 Å². The van der Waals surface area contributed by atoms with E-state index in [-0.39, 0.29) is 28.9 Å². The fourth-order valence-electron chi connectivity index (χ4n) is 4.06. The Morgan fingerprint density at radius 1 is 1.00 bits per heavy atom. The predicted molar refractivity (Wildman–Crippen MR) is 134 cm³/mol. The third-order valence-electron chi connectivity index (χ3n) is 5.98. The molecule has 0 spiro atoms. The number of nitrogens with zero attached hydrogens (tertiary/aromatic N) is 2. The number of rotatable bonds is 11. The molecule has 1 saturated heterocycles. The van der Waals surface area contributed by atoms with E-state index < -0.39 is 20.0 Å². The SMILES string of the molecule is CCOCCCN(Cc1ccc(Cl)cc1)S(=O)(=O)c1ccc(S(=O)(=O)N2CCCC[C@H]2C)cc1. The summed E-state index contributed by atoms with van der Waals surface area (Å²) in [5.74, 6) is 0. The largest absolute Gasteiger partial charge is 0.382 e. The van der Waals surface area contributed by atoms with Crippen LogP contribution in [0.2, 0.25) is 5.02 Å². The fourth-order valence-corrected chi connectivity index (χ4v) is 7.35. The fraction of sp³-hybridized carbons (Fsp3) is 0.500. The molecule has 0 aliphatic carbocycles. The van der Waals surface area contributed by atoms with Crippen molar-refractivity contribution in [2.75, 3.05) is 26.3 Å². The van der Waals surface area contributed by atoms with Crippen LogP contribution >= 0.6 is 11.6 Å². The van der Waals surface area contributed by atoms with E-state index in [1.165, 1.54) is 32.9 Å². The standard InChI is InChI=1S/C24H33ClN2O5S2/c1-3-32-18-6-16-26(19-21-8-10-22(25)11-9-21)33(28,29)23-12-14-24(15-13-23)34(30,31)27-17-5-4-7-20(27)2/h8-15,20H,3-7,16-19H2,1-2H3/t20-/m1/s1. The number of benzene rings is 2. The zero-order chi connectivity index (χ0) is 24.8. The molecule has 0 saturated carbocycles. The first-order chi connectivity index (χ1) is 16.2. The van der Waals surface area contributed by atoms with Crippen LogP contribution in [0, 0.1) is 0 Å². The number of halogens is 1. The van der Waals surface area contributed by atoms with E-state index in [4.69, 9.17) is 16.3 Å². The molecule has 0 amide bonds. The van der Waals surface area contributed by atoms with E-state index in [2.05, 4.69) is 0 Å². The Hall–Kier alpha value is -1.49. The van der Waals surface area contributed by atoms with Crippen molar-refractivity contribution in [1.29, 1.82) is 0 Å². The molecule has 0 radical (unpaired) electrons. The van der Waals surface area contributed by atoms with Crippen LogP contribution in [0.3, 0.4) is 0 Å². The van der Waals surface area contributed by atoms with Gasteiger partial charge in [-0.25, -0.2) is 16.8 Å². The van der Waals surface area contributed by atoms with Gasteiger partial charge in [-0.3, -0.25) is 0 Å². The maximum atomic E-state index is 13.5. The summed E-state index contributed by atoms with van der Waals surface area (Å²) in [6.45, 7) is 5.75. The van der Waals surface area contributed by atoms with Crippen LogP contribution in [-0.2, 0) is 31.3 Å². The van der Waals surface area contributed by atoms with Crippen molar-refractivity contribution >= 4 is 31.6 Å². The molecule has 7 nitrogen and oxygen atoms in total. The molecule has 34 heavy (non-hydrogen) atoms. The normalized spacial score (nSPS) is 17.8. The summed E-state index contributed by atoms with van der Waals surface area (Å²) in [5.41, 5.74) is 0.808. The summed E-state index contributed by atoms with van der Waals surface area (Å²) in [7, 11) is -7.53. The number of hydrogen-bond acceptors (Lipinski definition) is 5. The second kappa shape index (κ2) is 12.0. The highest BCUT2D eigenvalue weighted by atomic mass is 35.5.